The molecule has 1 saturated heterocycles. The number of amides is 2. The topological polar surface area (TPSA) is 94.6 Å². The maximum Gasteiger partial charge on any atom is 0.430 e. The summed E-state index contributed by atoms with van der Waals surface area (Å²) in [4.78, 5) is 27.6. The van der Waals surface area contributed by atoms with Gasteiger partial charge in [-0.2, -0.15) is 5.01 Å². The lowest BCUT2D eigenvalue weighted by Crippen LogP contribution is -2.59. The van der Waals surface area contributed by atoms with Crippen molar-refractivity contribution in [2.24, 2.45) is 35.5 Å². The number of hydrogen-bond donors (Lipinski definition) is 0. The fourth-order valence-electron chi connectivity index (χ4n) is 6.70. The van der Waals surface area contributed by atoms with E-state index in [2.05, 4.69) is 41.5 Å². The van der Waals surface area contributed by atoms with Gasteiger partial charge >= 0.3 is 19.8 Å². The predicted molar refractivity (Wildman–Crippen MR) is 146 cm³/mol. The smallest absolute Gasteiger partial charge is 0.430 e. The summed E-state index contributed by atoms with van der Waals surface area (Å²) in [5.74, 6) is 1.13. The van der Waals surface area contributed by atoms with Gasteiger partial charge in [0.15, 0.2) is 5.78 Å². The van der Waals surface area contributed by atoms with Crippen LogP contribution < -0.4 is 0 Å². The molecule has 0 aromatic rings. The van der Waals surface area contributed by atoms with Gasteiger partial charge in [-0.1, -0.05) is 54.4 Å². The zero-order chi connectivity index (χ0) is 28.2. The molecule has 7 atom stereocenters. The first-order chi connectivity index (χ1) is 17.9. The number of ether oxygens (including phenoxy) is 2. The van der Waals surface area contributed by atoms with Crippen molar-refractivity contribution >= 4 is 19.8 Å². The zero-order valence-corrected chi connectivity index (χ0v) is 25.7. The Morgan fingerprint density at radius 3 is 1.68 bits per heavy atom. The SMILES string of the molecule is COP(=O)(OC)[C@H]1CCCN(C(=O)O[C@@H]2C[C@H](C)CC[C@H]2C(C)C)N1C(=O)O[C@@H]1C[C@H](C)CC[C@H]1C(C)C. The molecule has 1 heterocycles. The lowest BCUT2D eigenvalue weighted by atomic mass is 9.75. The zero-order valence-electron chi connectivity index (χ0n) is 24.8. The fourth-order valence-corrected chi connectivity index (χ4v) is 8.32. The average molecular weight is 559 g/mol. The molecule has 3 fully saturated rings. The first kappa shape index (κ1) is 31.2. The van der Waals surface area contributed by atoms with Crippen LogP contribution in [-0.4, -0.2) is 61.0 Å². The van der Waals surface area contributed by atoms with Crippen LogP contribution in [-0.2, 0) is 23.1 Å². The van der Waals surface area contributed by atoms with Crippen LogP contribution in [0.25, 0.3) is 0 Å². The van der Waals surface area contributed by atoms with Gasteiger partial charge in [-0.25, -0.2) is 14.6 Å². The minimum Gasteiger partial charge on any atom is -0.445 e. The Kier molecular flexibility index (Phi) is 11.0. The highest BCUT2D eigenvalue weighted by molar-refractivity contribution is 7.54. The monoisotopic (exact) mass is 558 g/mol. The van der Waals surface area contributed by atoms with Crippen molar-refractivity contribution in [3.8, 4) is 0 Å². The van der Waals surface area contributed by atoms with Gasteiger partial charge in [0, 0.05) is 20.8 Å². The third-order valence-electron chi connectivity index (χ3n) is 9.07. The molecule has 0 aromatic heterocycles. The van der Waals surface area contributed by atoms with Crippen molar-refractivity contribution in [3.63, 3.8) is 0 Å². The number of hydrazine groups is 1. The van der Waals surface area contributed by atoms with Gasteiger partial charge in [-0.05, 0) is 74.0 Å². The van der Waals surface area contributed by atoms with Crippen molar-refractivity contribution in [2.75, 3.05) is 20.8 Å². The fraction of sp³-hybridized carbons (Fsp3) is 0.929. The Bertz CT molecular complexity index is 845. The van der Waals surface area contributed by atoms with Crippen LogP contribution in [0.3, 0.4) is 0 Å². The molecule has 2 amide bonds. The first-order valence-corrected chi connectivity index (χ1v) is 16.2. The molecule has 0 N–H and O–H groups in total. The standard InChI is InChI=1S/C28H51N2O7P/c1-18(2)22-13-11-20(5)16-24(22)36-27(31)29-15-9-10-26(38(33,34-7)35-8)30(29)28(32)37-25-17-21(6)12-14-23(25)19(3)4/h18-26H,9-17H2,1-8H3/t20-,21-,22+,23+,24-,25-,26+/m1/s1. The number of carbonyl (C=O) groups excluding carboxylic acids is 2. The molecule has 0 bridgehead atoms. The van der Waals surface area contributed by atoms with Gasteiger partial charge in [-0.15, -0.1) is 0 Å². The molecule has 0 unspecified atom stereocenters. The van der Waals surface area contributed by atoms with Crippen LogP contribution in [0, 0.1) is 35.5 Å². The molecule has 38 heavy (non-hydrogen) atoms. The minimum absolute atomic E-state index is 0.228. The molecule has 1 aliphatic heterocycles. The maximum atomic E-state index is 13.9. The van der Waals surface area contributed by atoms with Crippen LogP contribution in [0.2, 0.25) is 0 Å². The number of hydrogen-bond acceptors (Lipinski definition) is 7. The van der Waals surface area contributed by atoms with Crippen molar-refractivity contribution in [1.29, 1.82) is 0 Å². The van der Waals surface area contributed by atoms with E-state index < -0.39 is 25.6 Å². The van der Waals surface area contributed by atoms with Crippen molar-refractivity contribution in [3.05, 3.63) is 0 Å². The highest BCUT2D eigenvalue weighted by atomic mass is 31.2. The van der Waals surface area contributed by atoms with Crippen LogP contribution in [0.1, 0.15) is 92.9 Å². The van der Waals surface area contributed by atoms with Crippen LogP contribution in [0.15, 0.2) is 0 Å². The van der Waals surface area contributed by atoms with Crippen LogP contribution in [0.4, 0.5) is 9.59 Å². The molecule has 2 aliphatic carbocycles. The minimum atomic E-state index is -3.75. The molecule has 0 spiro atoms. The molecule has 10 heteroatoms. The Balaban J connectivity index is 1.89. The average Bonchev–Trinajstić information content (AvgIpc) is 2.87. The summed E-state index contributed by atoms with van der Waals surface area (Å²) in [5, 5.41) is 2.47. The normalized spacial score (nSPS) is 32.9. The highest BCUT2D eigenvalue weighted by Crippen LogP contribution is 2.56. The molecular formula is C28H51N2O7P. The van der Waals surface area contributed by atoms with Gasteiger partial charge < -0.3 is 18.5 Å². The third-order valence-corrected chi connectivity index (χ3v) is 11.3. The maximum absolute atomic E-state index is 13.9. The molecule has 2 saturated carbocycles. The van der Waals surface area contributed by atoms with E-state index in [1.54, 1.807) is 0 Å². The Morgan fingerprint density at radius 2 is 1.24 bits per heavy atom. The van der Waals surface area contributed by atoms with Gasteiger partial charge in [0.05, 0.1) is 0 Å². The quantitative estimate of drug-likeness (QED) is 0.302. The highest BCUT2D eigenvalue weighted by Gasteiger charge is 2.50. The van der Waals surface area contributed by atoms with E-state index in [9.17, 15) is 14.2 Å². The largest absolute Gasteiger partial charge is 0.445 e. The molecule has 3 rings (SSSR count). The molecule has 220 valence electrons. The van der Waals surface area contributed by atoms with Gasteiger partial charge in [-0.3, -0.25) is 4.57 Å². The molecular weight excluding hydrogens is 507 g/mol. The Labute approximate surface area is 229 Å². The lowest BCUT2D eigenvalue weighted by molar-refractivity contribution is -0.0919. The van der Waals surface area contributed by atoms with E-state index in [1.807, 2.05) is 0 Å². The summed E-state index contributed by atoms with van der Waals surface area (Å²) < 4.78 is 36.5. The second-order valence-corrected chi connectivity index (χ2v) is 14.9. The molecule has 0 aromatic carbocycles. The summed E-state index contributed by atoms with van der Waals surface area (Å²) in [6.45, 7) is 13.2. The van der Waals surface area contributed by atoms with E-state index >= 15 is 0 Å². The van der Waals surface area contributed by atoms with Crippen molar-refractivity contribution in [1.82, 2.24) is 10.0 Å². The van der Waals surface area contributed by atoms with Gasteiger partial charge in [0.25, 0.3) is 0 Å². The van der Waals surface area contributed by atoms with Gasteiger partial charge in [0.2, 0.25) is 0 Å². The predicted octanol–water partition coefficient (Wildman–Crippen LogP) is 7.31. The summed E-state index contributed by atoms with van der Waals surface area (Å²) in [7, 11) is -1.14. The number of carbonyl (C=O) groups is 2. The summed E-state index contributed by atoms with van der Waals surface area (Å²) in [6, 6.07) is 0. The second-order valence-electron chi connectivity index (χ2n) is 12.5. The molecule has 0 radical (unpaired) electrons. The Hall–Kier alpha value is -1.31. The van der Waals surface area contributed by atoms with Crippen LogP contribution >= 0.6 is 7.60 Å². The molecule has 9 nitrogen and oxygen atoms in total. The summed E-state index contributed by atoms with van der Waals surface area (Å²) >= 11 is 0. The van der Waals surface area contributed by atoms with Crippen LogP contribution in [0.5, 0.6) is 0 Å². The first-order valence-electron chi connectivity index (χ1n) is 14.6. The summed E-state index contributed by atoms with van der Waals surface area (Å²) in [6.07, 6.45) is 4.85. The van der Waals surface area contributed by atoms with Crippen molar-refractivity contribution < 1.29 is 32.7 Å². The van der Waals surface area contributed by atoms with E-state index in [0.29, 0.717) is 36.5 Å². The molecule has 3 aliphatic rings. The van der Waals surface area contributed by atoms with Gasteiger partial charge in [0.1, 0.15) is 12.2 Å². The lowest BCUT2D eigenvalue weighted by Gasteiger charge is -2.46. The summed E-state index contributed by atoms with van der Waals surface area (Å²) in [5.41, 5.74) is 0. The number of nitrogens with zero attached hydrogens (tertiary/aromatic N) is 2. The Morgan fingerprint density at radius 1 is 0.763 bits per heavy atom. The van der Waals surface area contributed by atoms with Crippen molar-refractivity contribution in [2.45, 2.75) is 111 Å². The van der Waals surface area contributed by atoms with E-state index in [-0.39, 0.29) is 30.6 Å². The van der Waals surface area contributed by atoms with E-state index in [0.717, 1.165) is 38.5 Å². The third kappa shape index (κ3) is 7.06. The number of rotatable bonds is 7. The van der Waals surface area contributed by atoms with E-state index in [1.165, 1.54) is 24.2 Å². The van der Waals surface area contributed by atoms with E-state index in [4.69, 9.17) is 18.5 Å². The second kappa shape index (κ2) is 13.4.